The second kappa shape index (κ2) is 11.2. The number of fused-ring (bicyclic) bond motifs is 1. The Labute approximate surface area is 224 Å². The van der Waals surface area contributed by atoms with Crippen molar-refractivity contribution in [3.63, 3.8) is 0 Å². The highest BCUT2D eigenvalue weighted by Crippen LogP contribution is 2.38. The Kier molecular flexibility index (Phi) is 7.80. The molecule has 202 valence electrons. The Hall–Kier alpha value is -3.25. The van der Waals surface area contributed by atoms with E-state index in [2.05, 4.69) is 20.9 Å². The van der Waals surface area contributed by atoms with E-state index in [1.165, 1.54) is 23.5 Å². The zero-order chi connectivity index (χ0) is 26.8. The topological polar surface area (TPSA) is 119 Å². The Morgan fingerprint density at radius 3 is 2.79 bits per heavy atom. The number of aromatic nitrogens is 1. The third-order valence-electron chi connectivity index (χ3n) is 6.61. The van der Waals surface area contributed by atoms with Crippen LogP contribution in [0.25, 0.3) is 10.2 Å². The smallest absolute Gasteiger partial charge is 0.319 e. The molecule has 2 unspecified atom stereocenters. The molecule has 0 spiro atoms. The summed E-state index contributed by atoms with van der Waals surface area (Å²) in [5.74, 6) is -0.0281. The fourth-order valence-corrected chi connectivity index (χ4v) is 5.38. The van der Waals surface area contributed by atoms with Crippen LogP contribution in [0.3, 0.4) is 0 Å². The van der Waals surface area contributed by atoms with Gasteiger partial charge in [0.1, 0.15) is 12.0 Å². The van der Waals surface area contributed by atoms with Crippen molar-refractivity contribution in [3.8, 4) is 11.5 Å². The van der Waals surface area contributed by atoms with Gasteiger partial charge < -0.3 is 30.9 Å². The van der Waals surface area contributed by atoms with Gasteiger partial charge in [-0.05, 0) is 63.1 Å². The summed E-state index contributed by atoms with van der Waals surface area (Å²) in [6.45, 7) is 5.23. The fourth-order valence-electron chi connectivity index (χ4n) is 4.30. The second-order valence-electron chi connectivity index (χ2n) is 9.91. The van der Waals surface area contributed by atoms with Gasteiger partial charge in [0.25, 0.3) is 0 Å². The molecule has 9 nitrogen and oxygen atoms in total. The van der Waals surface area contributed by atoms with Gasteiger partial charge in [-0.3, -0.25) is 9.88 Å². The number of ether oxygens (including phenoxy) is 1. The number of benzene rings is 1. The fraction of sp³-hybridized carbons (Fsp3) is 0.407. The van der Waals surface area contributed by atoms with Crippen LogP contribution in [0.15, 0.2) is 48.3 Å². The molecule has 3 aromatic rings. The third-order valence-corrected chi connectivity index (χ3v) is 7.93. The molecule has 5 N–H and O–H groups in total. The molecule has 1 saturated carbocycles. The second-order valence-corrected chi connectivity index (χ2v) is 11.0. The average molecular weight is 542 g/mol. The number of hydrogen-bond donors (Lipinski definition) is 5. The monoisotopic (exact) mass is 541 g/mol. The molecule has 38 heavy (non-hydrogen) atoms. The number of carbonyl (C=O) groups excluding carboxylic acids is 1. The molecule has 1 saturated heterocycles. The maximum Gasteiger partial charge on any atom is 0.319 e. The standard InChI is InChI=1S/C27H32FN5O4S/c1-15(14-33-10-8-21(34)26(33)35)13-30-16(2)24-12-20-25(38-24)23(7-9-29-20)37-22-6-5-18(11-19(22)28)32-27(36)31-17-3-4-17/h5-7,9,11-13,16-17,21,26,30,34-35H,3-4,8,10,14H2,1-2H3,(H2,31,32,36)/b15-13+/t16?,21-,26?/m0/s1. The normalized spacial score (nSPS) is 20.9. The number of aliphatic hydroxyl groups excluding tert-OH is 2. The largest absolute Gasteiger partial charge is 0.453 e. The first-order valence-corrected chi connectivity index (χ1v) is 13.5. The van der Waals surface area contributed by atoms with Gasteiger partial charge in [0.05, 0.1) is 22.4 Å². The Morgan fingerprint density at radius 1 is 1.26 bits per heavy atom. The number of rotatable bonds is 9. The Bertz CT molecular complexity index is 1340. The molecule has 2 fully saturated rings. The SMILES string of the molecule is C/C(=C\NC(C)c1cc2nccc(Oc3ccc(NC(=O)NC4CC4)cc3F)c2s1)CN1CC[C@H](O)C1O. The summed E-state index contributed by atoms with van der Waals surface area (Å²) in [5, 5.41) is 28.6. The number of pyridine rings is 1. The molecule has 2 amide bonds. The molecular formula is C27H32FN5O4S. The molecule has 3 atom stereocenters. The number of likely N-dealkylation sites (tertiary alicyclic amines) is 1. The van der Waals surface area contributed by atoms with E-state index in [9.17, 15) is 19.4 Å². The maximum absolute atomic E-state index is 14.8. The Balaban J connectivity index is 1.24. The molecule has 1 aliphatic heterocycles. The van der Waals surface area contributed by atoms with E-state index in [1.54, 1.807) is 18.3 Å². The molecule has 1 aliphatic carbocycles. The highest BCUT2D eigenvalue weighted by atomic mass is 32.1. The van der Waals surface area contributed by atoms with Gasteiger partial charge in [-0.2, -0.15) is 0 Å². The van der Waals surface area contributed by atoms with E-state index in [0.29, 0.717) is 30.9 Å². The van der Waals surface area contributed by atoms with Crippen molar-refractivity contribution < 1.29 is 24.1 Å². The number of nitrogens with one attached hydrogen (secondary N) is 3. The van der Waals surface area contributed by atoms with Crippen LogP contribution in [0, 0.1) is 5.82 Å². The van der Waals surface area contributed by atoms with Crippen LogP contribution in [-0.4, -0.2) is 57.6 Å². The number of anilines is 1. The average Bonchev–Trinajstić information content (AvgIpc) is 3.49. The van der Waals surface area contributed by atoms with Gasteiger partial charge in [0, 0.05) is 48.0 Å². The molecule has 0 radical (unpaired) electrons. The number of amides is 2. The van der Waals surface area contributed by atoms with Crippen molar-refractivity contribution in [3.05, 3.63) is 59.0 Å². The number of urea groups is 1. The molecule has 3 heterocycles. The number of carbonyl (C=O) groups is 1. The molecule has 2 aromatic heterocycles. The van der Waals surface area contributed by atoms with Crippen molar-refractivity contribution >= 4 is 33.3 Å². The third kappa shape index (κ3) is 6.24. The number of aliphatic hydroxyl groups is 2. The van der Waals surface area contributed by atoms with Crippen LogP contribution in [0.5, 0.6) is 11.5 Å². The lowest BCUT2D eigenvalue weighted by atomic mass is 10.2. The van der Waals surface area contributed by atoms with Crippen LogP contribution in [-0.2, 0) is 0 Å². The predicted octanol–water partition coefficient (Wildman–Crippen LogP) is 4.45. The molecule has 5 rings (SSSR count). The minimum absolute atomic E-state index is 0.0185. The number of hydrogen-bond acceptors (Lipinski definition) is 8. The van der Waals surface area contributed by atoms with Crippen LogP contribution >= 0.6 is 11.3 Å². The van der Waals surface area contributed by atoms with Gasteiger partial charge >= 0.3 is 6.03 Å². The first-order chi connectivity index (χ1) is 18.3. The summed E-state index contributed by atoms with van der Waals surface area (Å²) in [7, 11) is 0. The summed E-state index contributed by atoms with van der Waals surface area (Å²) in [5.41, 5.74) is 2.14. The lowest BCUT2D eigenvalue weighted by molar-refractivity contribution is -0.0317. The van der Waals surface area contributed by atoms with E-state index >= 15 is 0 Å². The lowest BCUT2D eigenvalue weighted by Crippen LogP contribution is -2.36. The number of nitrogens with zero attached hydrogens (tertiary/aromatic N) is 2. The molecular weight excluding hydrogens is 509 g/mol. The quantitative estimate of drug-likeness (QED) is 0.272. The van der Waals surface area contributed by atoms with Crippen molar-refractivity contribution in [1.82, 2.24) is 20.5 Å². The maximum atomic E-state index is 14.8. The molecule has 11 heteroatoms. The minimum atomic E-state index is -0.827. The molecule has 1 aromatic carbocycles. The van der Waals surface area contributed by atoms with E-state index in [4.69, 9.17) is 4.74 Å². The van der Waals surface area contributed by atoms with E-state index in [0.717, 1.165) is 33.5 Å². The number of thiophene rings is 1. The van der Waals surface area contributed by atoms with Gasteiger partial charge in [-0.1, -0.05) is 0 Å². The minimum Gasteiger partial charge on any atom is -0.453 e. The van der Waals surface area contributed by atoms with Crippen LogP contribution in [0.2, 0.25) is 0 Å². The molecule has 0 bridgehead atoms. The highest BCUT2D eigenvalue weighted by molar-refractivity contribution is 7.19. The summed E-state index contributed by atoms with van der Waals surface area (Å²) < 4.78 is 21.5. The Morgan fingerprint density at radius 2 is 2.08 bits per heavy atom. The van der Waals surface area contributed by atoms with Crippen molar-refractivity contribution in [1.29, 1.82) is 0 Å². The van der Waals surface area contributed by atoms with Gasteiger partial charge in [0.2, 0.25) is 0 Å². The van der Waals surface area contributed by atoms with Crippen LogP contribution < -0.4 is 20.7 Å². The van der Waals surface area contributed by atoms with Crippen LogP contribution in [0.1, 0.15) is 44.0 Å². The first kappa shape index (κ1) is 26.4. The van der Waals surface area contributed by atoms with E-state index in [-0.39, 0.29) is 23.9 Å². The first-order valence-electron chi connectivity index (χ1n) is 12.7. The van der Waals surface area contributed by atoms with E-state index in [1.807, 2.05) is 31.0 Å². The van der Waals surface area contributed by atoms with Crippen molar-refractivity contribution in [2.45, 2.75) is 57.5 Å². The zero-order valence-corrected chi connectivity index (χ0v) is 22.1. The molecule has 2 aliphatic rings. The number of halogens is 1. The summed E-state index contributed by atoms with van der Waals surface area (Å²) in [6.07, 6.45) is 4.54. The van der Waals surface area contributed by atoms with Gasteiger partial charge in [-0.15, -0.1) is 11.3 Å². The van der Waals surface area contributed by atoms with Gasteiger partial charge in [-0.25, -0.2) is 9.18 Å². The summed E-state index contributed by atoms with van der Waals surface area (Å²) >= 11 is 1.52. The van der Waals surface area contributed by atoms with Crippen molar-refractivity contribution in [2.24, 2.45) is 0 Å². The highest BCUT2D eigenvalue weighted by Gasteiger charge is 2.30. The zero-order valence-electron chi connectivity index (χ0n) is 21.3. The summed E-state index contributed by atoms with van der Waals surface area (Å²) in [6, 6.07) is 7.87. The lowest BCUT2D eigenvalue weighted by Gasteiger charge is -2.21. The van der Waals surface area contributed by atoms with Gasteiger partial charge in [0.15, 0.2) is 11.6 Å². The predicted molar refractivity (Wildman–Crippen MR) is 145 cm³/mol. The van der Waals surface area contributed by atoms with Crippen molar-refractivity contribution in [2.75, 3.05) is 18.4 Å². The van der Waals surface area contributed by atoms with E-state index < -0.39 is 18.1 Å². The van der Waals surface area contributed by atoms with Crippen LogP contribution in [0.4, 0.5) is 14.9 Å². The summed E-state index contributed by atoms with van der Waals surface area (Å²) in [4.78, 5) is 19.3.